The van der Waals surface area contributed by atoms with Gasteiger partial charge in [0.05, 0.1) is 43.9 Å². The van der Waals surface area contributed by atoms with Crippen LogP contribution in [0.2, 0.25) is 0 Å². The molecular formula is C48H60Cl3F6NO12. The van der Waals surface area contributed by atoms with Crippen LogP contribution in [0.5, 0.6) is 11.5 Å². The van der Waals surface area contributed by atoms with Gasteiger partial charge in [-0.25, -0.2) is 14.3 Å². The zero-order valence-corrected chi connectivity index (χ0v) is 42.2. The molecule has 0 unspecified atom stereocenters. The maximum absolute atomic E-state index is 12.8. The molecule has 13 nitrogen and oxygen atoms in total. The number of terminal acetylenes is 2. The van der Waals surface area contributed by atoms with Gasteiger partial charge < -0.3 is 38.8 Å². The van der Waals surface area contributed by atoms with E-state index in [0.29, 0.717) is 28.2 Å². The molecule has 0 spiro atoms. The SMILES string of the molecule is C#CC#CC#C.CCCOC(F)(F)OC(F)(F)C(F)(F)OCCC.CCN(CC)CC.COc1ccc(C(=O)Cl)cc1.COc1ccc(C(=O)OCOC(=O)c2ccc(C)cc2)cc1.ClCCl.OCO. The molecule has 0 saturated carbocycles. The summed E-state index contributed by atoms with van der Waals surface area (Å²) < 4.78 is 106. The first-order valence-electron chi connectivity index (χ1n) is 20.5. The number of hydrogen-bond acceptors (Lipinski definition) is 13. The molecule has 0 bridgehead atoms. The number of halogens is 9. The smallest absolute Gasteiger partial charge is 0.490 e. The number of benzene rings is 3. The summed E-state index contributed by atoms with van der Waals surface area (Å²) in [5.74, 6) is 8.86. The number of aliphatic hydroxyl groups excluding tert-OH is 1. The average Bonchev–Trinajstić information content (AvgIpc) is 3.33. The fraction of sp³-hybridized carbons (Fsp3) is 0.438. The van der Waals surface area contributed by atoms with Crippen molar-refractivity contribution in [3.8, 4) is 48.0 Å². The first-order valence-corrected chi connectivity index (χ1v) is 21.9. The number of rotatable bonds is 19. The largest absolute Gasteiger partial charge is 0.497 e. The van der Waals surface area contributed by atoms with E-state index in [2.05, 4.69) is 63.6 Å². The number of hydrogen-bond donors (Lipinski definition) is 2. The van der Waals surface area contributed by atoms with Crippen molar-refractivity contribution in [2.75, 3.05) is 66.0 Å². The molecule has 0 radical (unpaired) electrons. The van der Waals surface area contributed by atoms with E-state index in [0.717, 1.165) is 5.56 Å². The second-order valence-corrected chi connectivity index (χ2v) is 13.4. The van der Waals surface area contributed by atoms with Crippen LogP contribution < -0.4 is 9.47 Å². The molecular weight excluding hydrogens is 1000 g/mol. The third-order valence-electron chi connectivity index (χ3n) is 7.41. The summed E-state index contributed by atoms with van der Waals surface area (Å²) in [7, 11) is 3.11. The Morgan fingerprint density at radius 1 is 0.629 bits per heavy atom. The molecule has 0 aliphatic heterocycles. The van der Waals surface area contributed by atoms with Gasteiger partial charge in [-0.15, -0.1) is 44.8 Å². The molecule has 0 heterocycles. The monoisotopic (exact) mass is 1060 g/mol. The summed E-state index contributed by atoms with van der Waals surface area (Å²) in [5, 5.41) is 14.0. The van der Waals surface area contributed by atoms with Gasteiger partial charge in [0, 0.05) is 5.56 Å². The Bertz CT molecular complexity index is 1950. The second-order valence-electron chi connectivity index (χ2n) is 12.3. The molecule has 0 fully saturated rings. The summed E-state index contributed by atoms with van der Waals surface area (Å²) in [4.78, 5) is 36.4. The van der Waals surface area contributed by atoms with Gasteiger partial charge in [0.1, 0.15) is 18.3 Å². The van der Waals surface area contributed by atoms with Gasteiger partial charge in [0.15, 0.2) is 0 Å². The lowest BCUT2D eigenvalue weighted by atomic mass is 10.2. The molecule has 70 heavy (non-hydrogen) atoms. The van der Waals surface area contributed by atoms with Gasteiger partial charge in [-0.05, 0) is 135 Å². The summed E-state index contributed by atoms with van der Waals surface area (Å²) in [6.45, 7) is 12.3. The van der Waals surface area contributed by atoms with Crippen molar-refractivity contribution in [2.24, 2.45) is 0 Å². The molecule has 0 saturated heterocycles. The van der Waals surface area contributed by atoms with Gasteiger partial charge in [-0.1, -0.05) is 52.3 Å². The van der Waals surface area contributed by atoms with E-state index < -0.39 is 62.5 Å². The molecule has 0 aromatic heterocycles. The first-order chi connectivity index (χ1) is 33.0. The zero-order valence-electron chi connectivity index (χ0n) is 40.0. The van der Waals surface area contributed by atoms with Gasteiger partial charge in [0.25, 0.3) is 5.24 Å². The standard InChI is InChI=1S/C17H16O5.C9H14F6O3.C8H7ClO2.C6H15N.C6H2.CH2Cl2.CH4O2/c1-12-3-5-13(6-4-12)16(18)21-11-22-17(19)14-7-9-15(20-2)10-8-14;1-3-5-16-7(10,11)8(12,13)18-9(14,15)17-6-4-2;1-11-7-4-2-6(3-5-7)8(9)10;1-4-7(5-2)6-3;1-3-5-6-4-2;2*2-1-3/h3-10H,11H2,1-2H3;3-6H2,1-2H3;2-5H,1H3;4-6H2,1-3H3;1-2H;1H2;2-3H,1H2. The summed E-state index contributed by atoms with van der Waals surface area (Å²) in [6.07, 6.45) is -6.01. The lowest BCUT2D eigenvalue weighted by Crippen LogP contribution is -2.49. The average molecular weight is 1060 g/mol. The highest BCUT2D eigenvalue weighted by Gasteiger charge is 2.64. The van der Waals surface area contributed by atoms with Crippen LogP contribution in [-0.4, -0.2) is 117 Å². The van der Waals surface area contributed by atoms with Crippen LogP contribution in [0.15, 0.2) is 72.8 Å². The summed E-state index contributed by atoms with van der Waals surface area (Å²) in [5.41, 5.74) is 2.29. The van der Waals surface area contributed by atoms with Gasteiger partial charge in [-0.3, -0.25) is 9.53 Å². The highest BCUT2D eigenvalue weighted by atomic mass is 35.5. The highest BCUT2D eigenvalue weighted by Crippen LogP contribution is 2.40. The molecule has 3 rings (SSSR count). The van der Waals surface area contributed by atoms with Crippen LogP contribution in [0, 0.1) is 43.5 Å². The third kappa shape index (κ3) is 36.7. The van der Waals surface area contributed by atoms with E-state index in [1.807, 2.05) is 6.92 Å². The van der Waals surface area contributed by atoms with Crippen molar-refractivity contribution < 1.29 is 84.1 Å². The van der Waals surface area contributed by atoms with Crippen molar-refractivity contribution >= 4 is 52.0 Å². The molecule has 2 N–H and O–H groups in total. The molecule has 22 heteroatoms. The summed E-state index contributed by atoms with van der Waals surface area (Å²) in [6, 6.07) is 20.0. The van der Waals surface area contributed by atoms with Crippen LogP contribution in [0.3, 0.4) is 0 Å². The van der Waals surface area contributed by atoms with Crippen LogP contribution >= 0.6 is 34.8 Å². The highest BCUT2D eigenvalue weighted by molar-refractivity contribution is 6.67. The van der Waals surface area contributed by atoms with Crippen LogP contribution in [0.4, 0.5) is 26.3 Å². The Morgan fingerprint density at radius 3 is 1.27 bits per heavy atom. The van der Waals surface area contributed by atoms with Crippen molar-refractivity contribution in [1.82, 2.24) is 4.90 Å². The van der Waals surface area contributed by atoms with Crippen molar-refractivity contribution in [3.63, 3.8) is 0 Å². The molecule has 392 valence electrons. The van der Waals surface area contributed by atoms with Crippen molar-refractivity contribution in [1.29, 1.82) is 0 Å². The number of alkyl halides is 8. The lowest BCUT2D eigenvalue weighted by molar-refractivity contribution is -0.526. The van der Waals surface area contributed by atoms with E-state index in [1.54, 1.807) is 79.9 Å². The van der Waals surface area contributed by atoms with E-state index in [4.69, 9.17) is 76.8 Å². The quantitative estimate of drug-likeness (QED) is 0.0292. The van der Waals surface area contributed by atoms with Crippen molar-refractivity contribution in [3.05, 3.63) is 95.1 Å². The van der Waals surface area contributed by atoms with Crippen LogP contribution in [0.1, 0.15) is 84.1 Å². The Balaban J connectivity index is -0.000000404. The minimum Gasteiger partial charge on any atom is -0.497 e. The topological polar surface area (TPSA) is 160 Å². The van der Waals surface area contributed by atoms with E-state index in [1.165, 1.54) is 40.6 Å². The molecule has 3 aromatic carbocycles. The predicted octanol–water partition coefficient (Wildman–Crippen LogP) is 10.6. The Morgan fingerprint density at radius 2 is 0.971 bits per heavy atom. The maximum Gasteiger partial charge on any atom is 0.490 e. The second kappa shape index (κ2) is 43.8. The zero-order chi connectivity index (χ0) is 54.6. The minimum atomic E-state index is -5.50. The number of carbonyl (C=O) groups excluding carboxylic acids is 3. The Labute approximate surface area is 421 Å². The van der Waals surface area contributed by atoms with Gasteiger partial charge in [0.2, 0.25) is 6.79 Å². The van der Waals surface area contributed by atoms with E-state index in [-0.39, 0.29) is 18.2 Å². The molecule has 0 aliphatic carbocycles. The number of aliphatic hydroxyl groups is 2. The number of aryl methyl sites for hydroxylation is 1. The Hall–Kier alpha value is -5.24. The van der Waals surface area contributed by atoms with Gasteiger partial charge in [-0.2, -0.15) is 17.6 Å². The number of methoxy groups -OCH3 is 2. The number of ether oxygens (including phenoxy) is 7. The number of esters is 2. The van der Waals surface area contributed by atoms with Crippen LogP contribution in [0.25, 0.3) is 0 Å². The fourth-order valence-corrected chi connectivity index (χ4v) is 4.08. The summed E-state index contributed by atoms with van der Waals surface area (Å²) >= 11 is 14.7. The molecule has 0 aliphatic rings. The van der Waals surface area contributed by atoms with E-state index >= 15 is 0 Å². The Kier molecular flexibility index (Phi) is 44.6. The normalized spacial score (nSPS) is 9.97. The molecule has 3 aromatic rings. The first kappa shape index (κ1) is 71.3. The van der Waals surface area contributed by atoms with E-state index in [9.17, 15) is 40.7 Å². The predicted molar refractivity (Wildman–Crippen MR) is 256 cm³/mol. The van der Waals surface area contributed by atoms with Crippen LogP contribution in [-0.2, 0) is 23.7 Å². The fourth-order valence-electron chi connectivity index (χ4n) is 3.96. The maximum atomic E-state index is 12.8. The third-order valence-corrected chi connectivity index (χ3v) is 7.62. The molecule has 0 amide bonds. The molecule has 0 atom stereocenters. The number of carbonyl (C=O) groups is 3. The van der Waals surface area contributed by atoms with Crippen molar-refractivity contribution in [2.45, 2.75) is 72.9 Å². The minimum absolute atomic E-state index is 0.00833. The van der Waals surface area contributed by atoms with Gasteiger partial charge >= 0.3 is 30.5 Å². The lowest BCUT2D eigenvalue weighted by Gasteiger charge is -2.28. The number of nitrogens with zero attached hydrogens (tertiary/aromatic N) is 1.